The minimum Gasteiger partial charge on any atom is -0.464 e. The zero-order valence-electron chi connectivity index (χ0n) is 10.7. The molecule has 2 heteroatoms. The zero-order valence-corrected chi connectivity index (χ0v) is 10.7. The first kappa shape index (κ1) is 11.6. The van der Waals surface area contributed by atoms with Crippen molar-refractivity contribution in [1.82, 2.24) is 0 Å². The van der Waals surface area contributed by atoms with E-state index >= 15 is 0 Å². The Morgan fingerprint density at radius 1 is 1.00 bits per heavy atom. The van der Waals surface area contributed by atoms with Crippen LogP contribution in [0.25, 0.3) is 21.9 Å². The van der Waals surface area contributed by atoms with Gasteiger partial charge in [0, 0.05) is 10.8 Å². The maximum absolute atomic E-state index is 8.81. The van der Waals surface area contributed by atoms with Gasteiger partial charge in [0.05, 0.1) is 12.5 Å². The first-order valence-electron chi connectivity index (χ1n) is 6.24. The Labute approximate surface area is 111 Å². The van der Waals surface area contributed by atoms with Crippen LogP contribution in [0.5, 0.6) is 0 Å². The molecule has 3 aromatic rings. The first-order valence-corrected chi connectivity index (χ1v) is 6.24. The molecule has 0 saturated carbocycles. The topological polar surface area (TPSA) is 36.9 Å². The molecular formula is C17H13NO. The molecule has 0 aliphatic rings. The third-order valence-corrected chi connectivity index (χ3v) is 3.32. The van der Waals surface area contributed by atoms with Gasteiger partial charge >= 0.3 is 0 Å². The van der Waals surface area contributed by atoms with E-state index in [-0.39, 0.29) is 0 Å². The molecule has 2 aromatic carbocycles. The second-order valence-corrected chi connectivity index (χ2v) is 4.54. The van der Waals surface area contributed by atoms with Crippen molar-refractivity contribution < 1.29 is 4.42 Å². The number of nitrogens with zero attached hydrogens (tertiary/aromatic N) is 1. The van der Waals surface area contributed by atoms with Gasteiger partial charge in [-0.2, -0.15) is 5.26 Å². The van der Waals surface area contributed by atoms with Gasteiger partial charge in [0.25, 0.3) is 0 Å². The molecule has 0 spiro atoms. The van der Waals surface area contributed by atoms with Gasteiger partial charge in [-0.05, 0) is 24.1 Å². The molecule has 0 saturated heterocycles. The highest BCUT2D eigenvalue weighted by molar-refractivity contribution is 5.91. The second-order valence-electron chi connectivity index (χ2n) is 4.54. The van der Waals surface area contributed by atoms with Gasteiger partial charge < -0.3 is 4.42 Å². The summed E-state index contributed by atoms with van der Waals surface area (Å²) < 4.78 is 5.67. The molecule has 3 rings (SSSR count). The fourth-order valence-corrected chi connectivity index (χ4v) is 2.39. The number of aryl methyl sites for hydroxylation is 1. The summed E-state index contributed by atoms with van der Waals surface area (Å²) in [6.45, 7) is 1.94. The monoisotopic (exact) mass is 247 g/mol. The molecule has 0 atom stereocenters. The number of nitriles is 1. The van der Waals surface area contributed by atoms with E-state index in [1.807, 2.05) is 31.2 Å². The minimum atomic E-state index is 0.315. The summed E-state index contributed by atoms with van der Waals surface area (Å²) in [5, 5.41) is 10.9. The Morgan fingerprint density at radius 2 is 1.79 bits per heavy atom. The lowest BCUT2D eigenvalue weighted by Gasteiger charge is -2.01. The number of rotatable bonds is 2. The van der Waals surface area contributed by atoms with Crippen LogP contribution < -0.4 is 0 Å². The molecule has 0 bridgehead atoms. The van der Waals surface area contributed by atoms with Gasteiger partial charge in [-0.1, -0.05) is 42.5 Å². The van der Waals surface area contributed by atoms with Crippen LogP contribution in [0.3, 0.4) is 0 Å². The van der Waals surface area contributed by atoms with Gasteiger partial charge in [0.1, 0.15) is 11.5 Å². The highest BCUT2D eigenvalue weighted by atomic mass is 16.3. The van der Waals surface area contributed by atoms with E-state index in [9.17, 15) is 0 Å². The smallest absolute Gasteiger partial charge is 0.126 e. The fraction of sp³-hybridized carbons (Fsp3) is 0.118. The third kappa shape index (κ3) is 2.00. The highest BCUT2D eigenvalue weighted by Gasteiger charge is 2.10. The second kappa shape index (κ2) is 4.62. The maximum atomic E-state index is 8.81. The van der Waals surface area contributed by atoms with E-state index in [1.165, 1.54) is 11.1 Å². The summed E-state index contributed by atoms with van der Waals surface area (Å²) >= 11 is 0. The lowest BCUT2D eigenvalue weighted by atomic mass is 10.0. The standard InChI is InChI=1S/C17H13NO/c1-12-16-11-14(13-5-3-2-4-6-13)7-8-15(16)17(19-12)9-10-18/h2-8,11H,9H2,1H3. The van der Waals surface area contributed by atoms with Crippen LogP contribution in [0, 0.1) is 18.3 Å². The number of hydrogen-bond acceptors (Lipinski definition) is 2. The van der Waals surface area contributed by atoms with Crippen LogP contribution in [0.1, 0.15) is 11.5 Å². The molecule has 0 radical (unpaired) electrons. The molecule has 0 amide bonds. The van der Waals surface area contributed by atoms with Crippen molar-refractivity contribution in [3.63, 3.8) is 0 Å². The van der Waals surface area contributed by atoms with Gasteiger partial charge in [0.2, 0.25) is 0 Å². The lowest BCUT2D eigenvalue weighted by Crippen LogP contribution is -1.79. The zero-order chi connectivity index (χ0) is 13.2. The predicted molar refractivity (Wildman–Crippen MR) is 75.7 cm³/mol. The van der Waals surface area contributed by atoms with Crippen LogP contribution in [0.4, 0.5) is 0 Å². The Bertz CT molecular complexity index is 763. The summed E-state index contributed by atoms with van der Waals surface area (Å²) in [5.41, 5.74) is 2.35. The molecule has 1 heterocycles. The van der Waals surface area contributed by atoms with Crippen LogP contribution in [0.15, 0.2) is 52.9 Å². The molecule has 0 aliphatic carbocycles. The minimum absolute atomic E-state index is 0.315. The molecule has 0 fully saturated rings. The number of benzene rings is 2. The molecule has 1 aromatic heterocycles. The van der Waals surface area contributed by atoms with E-state index in [2.05, 4.69) is 30.3 Å². The Morgan fingerprint density at radius 3 is 2.53 bits per heavy atom. The van der Waals surface area contributed by atoms with Crippen molar-refractivity contribution >= 4 is 10.8 Å². The fourth-order valence-electron chi connectivity index (χ4n) is 2.39. The molecular weight excluding hydrogens is 234 g/mol. The summed E-state index contributed by atoms with van der Waals surface area (Å²) in [4.78, 5) is 0. The van der Waals surface area contributed by atoms with Crippen LogP contribution >= 0.6 is 0 Å². The molecule has 2 nitrogen and oxygen atoms in total. The Hall–Kier alpha value is -2.53. The van der Waals surface area contributed by atoms with Crippen molar-refractivity contribution in [2.75, 3.05) is 0 Å². The summed E-state index contributed by atoms with van der Waals surface area (Å²) in [6, 6.07) is 18.6. The first-order chi connectivity index (χ1) is 9.29. The van der Waals surface area contributed by atoms with Crippen LogP contribution in [-0.4, -0.2) is 0 Å². The molecule has 92 valence electrons. The van der Waals surface area contributed by atoms with Crippen molar-refractivity contribution in [1.29, 1.82) is 5.26 Å². The van der Waals surface area contributed by atoms with E-state index in [1.54, 1.807) is 0 Å². The number of hydrogen-bond donors (Lipinski definition) is 0. The quantitative estimate of drug-likeness (QED) is 0.669. The Kier molecular flexibility index (Phi) is 2.81. The summed E-state index contributed by atoms with van der Waals surface area (Å²) in [5.74, 6) is 1.63. The SMILES string of the molecule is Cc1oc(CC#N)c2ccc(-c3ccccc3)cc12. The van der Waals surface area contributed by atoms with Crippen molar-refractivity contribution in [3.8, 4) is 17.2 Å². The predicted octanol–water partition coefficient (Wildman–Crippen LogP) is 4.47. The number of fused-ring (bicyclic) bond motifs is 1. The van der Waals surface area contributed by atoms with E-state index in [4.69, 9.17) is 9.68 Å². The van der Waals surface area contributed by atoms with E-state index in [0.717, 1.165) is 22.3 Å². The average molecular weight is 247 g/mol. The average Bonchev–Trinajstić information content (AvgIpc) is 2.77. The maximum Gasteiger partial charge on any atom is 0.126 e. The van der Waals surface area contributed by atoms with Crippen molar-refractivity contribution in [3.05, 3.63) is 60.1 Å². The normalized spacial score (nSPS) is 10.5. The third-order valence-electron chi connectivity index (χ3n) is 3.32. The van der Waals surface area contributed by atoms with Gasteiger partial charge in [-0.25, -0.2) is 0 Å². The van der Waals surface area contributed by atoms with Crippen molar-refractivity contribution in [2.24, 2.45) is 0 Å². The Balaban J connectivity index is 2.17. The molecule has 19 heavy (non-hydrogen) atoms. The number of furan rings is 1. The van der Waals surface area contributed by atoms with Crippen molar-refractivity contribution in [2.45, 2.75) is 13.3 Å². The lowest BCUT2D eigenvalue weighted by molar-refractivity contribution is 0.501. The van der Waals surface area contributed by atoms with Crippen LogP contribution in [0.2, 0.25) is 0 Å². The van der Waals surface area contributed by atoms with E-state index in [0.29, 0.717) is 6.42 Å². The summed E-state index contributed by atoms with van der Waals surface area (Å²) in [7, 11) is 0. The molecule has 0 unspecified atom stereocenters. The summed E-state index contributed by atoms with van der Waals surface area (Å²) in [6.07, 6.45) is 0.315. The molecule has 0 N–H and O–H groups in total. The van der Waals surface area contributed by atoms with Gasteiger partial charge in [0.15, 0.2) is 0 Å². The van der Waals surface area contributed by atoms with Gasteiger partial charge in [-0.15, -0.1) is 0 Å². The molecule has 0 aliphatic heterocycles. The van der Waals surface area contributed by atoms with Crippen LogP contribution in [-0.2, 0) is 6.42 Å². The van der Waals surface area contributed by atoms with Gasteiger partial charge in [-0.3, -0.25) is 0 Å². The highest BCUT2D eigenvalue weighted by Crippen LogP contribution is 2.30. The largest absolute Gasteiger partial charge is 0.464 e. The van der Waals surface area contributed by atoms with E-state index < -0.39 is 0 Å².